The van der Waals surface area contributed by atoms with Crippen LogP contribution in [-0.4, -0.2) is 22.4 Å². The largest absolute Gasteiger partial charge is 0.335 e. The van der Waals surface area contributed by atoms with Gasteiger partial charge in [-0.2, -0.15) is 0 Å². The average Bonchev–Trinajstić information content (AvgIpc) is 3.01. The number of carbonyl (C=O) groups is 3. The van der Waals surface area contributed by atoms with Gasteiger partial charge in [-0.1, -0.05) is 40.9 Å². The Balaban J connectivity index is 1.78. The Bertz CT molecular complexity index is 1310. The first-order valence-electron chi connectivity index (χ1n) is 9.80. The summed E-state index contributed by atoms with van der Waals surface area (Å²) in [6.07, 6.45) is 1.49. The lowest BCUT2D eigenvalue weighted by molar-refractivity contribution is -0.122. The first kappa shape index (κ1) is 21.9. The van der Waals surface area contributed by atoms with Crippen molar-refractivity contribution >= 4 is 52.8 Å². The van der Waals surface area contributed by atoms with E-state index in [0.717, 1.165) is 21.9 Å². The van der Waals surface area contributed by atoms with Gasteiger partial charge in [0.15, 0.2) is 0 Å². The third-order valence-electron chi connectivity index (χ3n) is 5.31. The van der Waals surface area contributed by atoms with Crippen LogP contribution in [0.5, 0.6) is 0 Å². The molecule has 0 radical (unpaired) electrons. The maximum absolute atomic E-state index is 13.1. The van der Waals surface area contributed by atoms with E-state index < -0.39 is 17.8 Å². The fraction of sp³-hybridized carbons (Fsp3) is 0.125. The second kappa shape index (κ2) is 8.30. The van der Waals surface area contributed by atoms with Crippen LogP contribution in [0.15, 0.2) is 54.1 Å². The molecule has 162 valence electrons. The highest BCUT2D eigenvalue weighted by atomic mass is 35.5. The summed E-state index contributed by atoms with van der Waals surface area (Å²) in [4.78, 5) is 39.0. The van der Waals surface area contributed by atoms with Crippen LogP contribution in [0.25, 0.3) is 11.8 Å². The molecule has 2 heterocycles. The summed E-state index contributed by atoms with van der Waals surface area (Å²) >= 11 is 12.5. The number of urea groups is 1. The van der Waals surface area contributed by atoms with Gasteiger partial charge in [0.05, 0.1) is 16.4 Å². The van der Waals surface area contributed by atoms with E-state index >= 15 is 0 Å². The highest BCUT2D eigenvalue weighted by Crippen LogP contribution is 2.30. The predicted molar refractivity (Wildman–Crippen MR) is 125 cm³/mol. The third-order valence-corrected chi connectivity index (χ3v) is 5.87. The highest BCUT2D eigenvalue weighted by Gasteiger charge is 2.37. The lowest BCUT2D eigenvalue weighted by Crippen LogP contribution is -2.54. The number of imide groups is 2. The van der Waals surface area contributed by atoms with E-state index in [9.17, 15) is 14.4 Å². The minimum Gasteiger partial charge on any atom is -0.316 e. The summed E-state index contributed by atoms with van der Waals surface area (Å²) in [5.41, 5.74) is 4.17. The van der Waals surface area contributed by atoms with Gasteiger partial charge in [-0.05, 0) is 68.8 Å². The Kier molecular flexibility index (Phi) is 5.67. The second-order valence-corrected chi connectivity index (χ2v) is 8.39. The molecule has 1 fully saturated rings. The molecule has 0 bridgehead atoms. The number of carbonyl (C=O) groups excluding carboxylic acids is 3. The van der Waals surface area contributed by atoms with Crippen LogP contribution in [0.3, 0.4) is 0 Å². The second-order valence-electron chi connectivity index (χ2n) is 7.55. The number of aryl methyl sites for hydroxylation is 2. The number of barbiturate groups is 1. The van der Waals surface area contributed by atoms with E-state index in [1.54, 1.807) is 42.5 Å². The number of nitrogens with zero attached hydrogens (tertiary/aromatic N) is 2. The van der Waals surface area contributed by atoms with Gasteiger partial charge in [-0.3, -0.25) is 14.9 Å². The fourth-order valence-corrected chi connectivity index (χ4v) is 4.07. The molecule has 4 rings (SSSR count). The van der Waals surface area contributed by atoms with Crippen molar-refractivity contribution in [2.75, 3.05) is 4.90 Å². The van der Waals surface area contributed by atoms with Crippen LogP contribution in [0.1, 0.15) is 22.5 Å². The predicted octanol–water partition coefficient (Wildman–Crippen LogP) is 5.38. The zero-order chi connectivity index (χ0) is 23.2. The lowest BCUT2D eigenvalue weighted by Gasteiger charge is -2.26. The molecule has 0 atom stereocenters. The van der Waals surface area contributed by atoms with Gasteiger partial charge in [0.25, 0.3) is 11.8 Å². The van der Waals surface area contributed by atoms with Crippen LogP contribution in [0.2, 0.25) is 10.0 Å². The molecule has 2 aromatic carbocycles. The number of hydrogen-bond acceptors (Lipinski definition) is 3. The van der Waals surface area contributed by atoms with Crippen LogP contribution in [0, 0.1) is 20.8 Å². The van der Waals surface area contributed by atoms with Gasteiger partial charge < -0.3 is 4.57 Å². The van der Waals surface area contributed by atoms with Crippen LogP contribution in [-0.2, 0) is 9.59 Å². The Morgan fingerprint density at radius 3 is 2.28 bits per heavy atom. The Morgan fingerprint density at radius 1 is 0.906 bits per heavy atom. The van der Waals surface area contributed by atoms with Crippen molar-refractivity contribution in [1.29, 1.82) is 0 Å². The Hall–Kier alpha value is -3.35. The van der Waals surface area contributed by atoms with E-state index in [2.05, 4.69) is 5.32 Å². The monoisotopic (exact) mass is 467 g/mol. The van der Waals surface area contributed by atoms with Crippen LogP contribution in [0.4, 0.5) is 10.5 Å². The first-order valence-corrected chi connectivity index (χ1v) is 10.6. The van der Waals surface area contributed by atoms with Crippen molar-refractivity contribution in [1.82, 2.24) is 9.88 Å². The van der Waals surface area contributed by atoms with E-state index in [0.29, 0.717) is 27.0 Å². The van der Waals surface area contributed by atoms with E-state index in [1.807, 2.05) is 31.4 Å². The SMILES string of the molecule is Cc1ccc(N2C(=O)NC(=O)/C(=C\c3cc(C)n(-c4cc(Cl)ccc4Cl)c3C)C2=O)cc1. The summed E-state index contributed by atoms with van der Waals surface area (Å²) in [7, 11) is 0. The molecular formula is C24H19Cl2N3O3. The van der Waals surface area contributed by atoms with Gasteiger partial charge in [-0.25, -0.2) is 9.69 Å². The number of hydrogen-bond donors (Lipinski definition) is 1. The van der Waals surface area contributed by atoms with Crippen molar-refractivity contribution in [3.63, 3.8) is 0 Å². The standard InChI is InChI=1S/C24H19Cl2N3O3/c1-13-4-7-18(8-5-13)29-23(31)19(22(30)27-24(29)32)11-16-10-14(2)28(15(16)3)21-12-17(25)6-9-20(21)26/h4-12H,1-3H3,(H,27,30,32)/b19-11+. The smallest absolute Gasteiger partial charge is 0.316 e. The minimum absolute atomic E-state index is 0.136. The maximum atomic E-state index is 13.1. The van der Waals surface area contributed by atoms with Crippen molar-refractivity contribution in [2.24, 2.45) is 0 Å². The molecule has 32 heavy (non-hydrogen) atoms. The molecule has 0 spiro atoms. The van der Waals surface area contributed by atoms with Crippen molar-refractivity contribution in [3.8, 4) is 5.69 Å². The molecule has 1 aromatic heterocycles. The zero-order valence-corrected chi connectivity index (χ0v) is 19.1. The molecule has 0 unspecified atom stereocenters. The summed E-state index contributed by atoms with van der Waals surface area (Å²) in [5, 5.41) is 3.29. The molecule has 1 N–H and O–H groups in total. The fourth-order valence-electron chi connectivity index (χ4n) is 3.70. The number of anilines is 1. The lowest BCUT2D eigenvalue weighted by atomic mass is 10.1. The van der Waals surface area contributed by atoms with Gasteiger partial charge >= 0.3 is 6.03 Å². The van der Waals surface area contributed by atoms with E-state index in [4.69, 9.17) is 23.2 Å². The average molecular weight is 468 g/mol. The number of amides is 4. The summed E-state index contributed by atoms with van der Waals surface area (Å²) < 4.78 is 1.90. The number of rotatable bonds is 3. The number of nitrogens with one attached hydrogen (secondary N) is 1. The summed E-state index contributed by atoms with van der Waals surface area (Å²) in [6.45, 7) is 5.64. The number of halogens is 2. The summed E-state index contributed by atoms with van der Waals surface area (Å²) in [5.74, 6) is -1.43. The molecule has 4 amide bonds. The van der Waals surface area contributed by atoms with Crippen LogP contribution >= 0.6 is 23.2 Å². The van der Waals surface area contributed by atoms with Gasteiger partial charge in [-0.15, -0.1) is 0 Å². The van der Waals surface area contributed by atoms with Gasteiger partial charge in [0.2, 0.25) is 0 Å². The Labute approximate surface area is 195 Å². The maximum Gasteiger partial charge on any atom is 0.335 e. The topological polar surface area (TPSA) is 71.4 Å². The van der Waals surface area contributed by atoms with Crippen molar-refractivity contribution in [2.45, 2.75) is 20.8 Å². The quantitative estimate of drug-likeness (QED) is 0.415. The van der Waals surface area contributed by atoms with Gasteiger partial charge in [0, 0.05) is 16.4 Å². The first-order chi connectivity index (χ1) is 15.2. The summed E-state index contributed by atoms with van der Waals surface area (Å²) in [6, 6.07) is 13.1. The molecule has 8 heteroatoms. The van der Waals surface area contributed by atoms with E-state index in [1.165, 1.54) is 6.08 Å². The molecule has 0 saturated carbocycles. The molecule has 1 aliphatic rings. The highest BCUT2D eigenvalue weighted by molar-refractivity contribution is 6.39. The van der Waals surface area contributed by atoms with Crippen molar-refractivity contribution < 1.29 is 14.4 Å². The number of aromatic nitrogens is 1. The molecule has 1 aliphatic heterocycles. The van der Waals surface area contributed by atoms with Gasteiger partial charge in [0.1, 0.15) is 5.57 Å². The molecule has 1 saturated heterocycles. The van der Waals surface area contributed by atoms with E-state index in [-0.39, 0.29) is 5.57 Å². The molecular weight excluding hydrogens is 449 g/mol. The Morgan fingerprint density at radius 2 is 1.59 bits per heavy atom. The van der Waals surface area contributed by atoms with Crippen molar-refractivity contribution in [3.05, 3.63) is 86.7 Å². The minimum atomic E-state index is -0.780. The third kappa shape index (κ3) is 3.83. The normalized spacial score (nSPS) is 15.5. The number of benzene rings is 2. The van der Waals surface area contributed by atoms with Crippen LogP contribution < -0.4 is 10.2 Å². The zero-order valence-electron chi connectivity index (χ0n) is 17.6. The molecule has 0 aliphatic carbocycles. The molecule has 3 aromatic rings. The molecule has 6 nitrogen and oxygen atoms in total.